The summed E-state index contributed by atoms with van der Waals surface area (Å²) in [5.74, 6) is -0.00616. The van der Waals surface area contributed by atoms with Gasteiger partial charge in [-0.15, -0.1) is 0 Å². The van der Waals surface area contributed by atoms with Crippen LogP contribution >= 0.6 is 0 Å². The second-order valence-corrected chi connectivity index (χ2v) is 10.1. The van der Waals surface area contributed by atoms with Gasteiger partial charge in [-0.2, -0.15) is 5.10 Å². The van der Waals surface area contributed by atoms with Gasteiger partial charge < -0.3 is 9.55 Å². The molecule has 38 heavy (non-hydrogen) atoms. The Labute approximate surface area is 217 Å². The highest BCUT2D eigenvalue weighted by Gasteiger charge is 2.29. The van der Waals surface area contributed by atoms with Crippen molar-refractivity contribution in [1.82, 2.24) is 33.9 Å². The van der Waals surface area contributed by atoms with E-state index in [0.29, 0.717) is 47.0 Å². The van der Waals surface area contributed by atoms with Crippen molar-refractivity contribution in [2.24, 2.45) is 20.0 Å². The van der Waals surface area contributed by atoms with Crippen LogP contribution in [0.3, 0.4) is 0 Å². The topological polar surface area (TPSA) is 121 Å². The van der Waals surface area contributed by atoms with E-state index in [0.717, 1.165) is 39.4 Å². The maximum absolute atomic E-state index is 13.6. The Morgan fingerprint density at radius 3 is 2.74 bits per heavy atom. The van der Waals surface area contributed by atoms with Gasteiger partial charge in [0.1, 0.15) is 11.1 Å². The van der Waals surface area contributed by atoms with Crippen molar-refractivity contribution in [3.63, 3.8) is 0 Å². The number of benzene rings is 1. The molecule has 4 heterocycles. The number of hydrogen-bond acceptors (Lipinski definition) is 5. The summed E-state index contributed by atoms with van der Waals surface area (Å²) in [4.78, 5) is 47.4. The highest BCUT2D eigenvalue weighted by molar-refractivity contribution is 5.97. The number of aryl methyl sites for hydroxylation is 2. The van der Waals surface area contributed by atoms with Crippen molar-refractivity contribution in [2.45, 2.75) is 32.9 Å². The van der Waals surface area contributed by atoms with Crippen molar-refractivity contribution >= 4 is 27.8 Å². The third-order valence-corrected chi connectivity index (χ3v) is 7.31. The van der Waals surface area contributed by atoms with Crippen LogP contribution in [0.1, 0.15) is 34.3 Å². The van der Waals surface area contributed by atoms with Gasteiger partial charge in [0.25, 0.3) is 11.5 Å². The van der Waals surface area contributed by atoms with Gasteiger partial charge in [-0.3, -0.25) is 28.2 Å². The maximum atomic E-state index is 13.6. The molecule has 0 radical (unpaired) electrons. The number of hydrogen-bond donors (Lipinski definition) is 2. The molecule has 0 bridgehead atoms. The standard InChI is InChI=1S/C27H29N7O4/c1-15-5-8-20-19(9-15)18(11-28-20)14-34-23(21-10-17(13-31(21)2)25(35)30-38-4)22-24(29-34)33(12-16-6-7-16)27(37)32(3)26(22)36/h5,8-11,13,16,28H,6-7,12,14H2,1-4H3,(H,30,35). The Kier molecular flexibility index (Phi) is 5.60. The van der Waals surface area contributed by atoms with Crippen LogP contribution in [0, 0.1) is 12.8 Å². The molecule has 0 spiro atoms. The SMILES string of the molecule is CONC(=O)c1cc(-c2c3c(=O)n(C)c(=O)n(CC4CC4)c3nn2Cc2c[nH]c3ccc(C)cc23)n(C)c1. The molecule has 2 N–H and O–H groups in total. The second kappa shape index (κ2) is 8.88. The lowest BCUT2D eigenvalue weighted by Gasteiger charge is -2.09. The molecule has 0 atom stereocenters. The summed E-state index contributed by atoms with van der Waals surface area (Å²) in [6, 6.07) is 7.90. The van der Waals surface area contributed by atoms with E-state index in [4.69, 9.17) is 9.94 Å². The number of aromatic amines is 1. The minimum atomic E-state index is -0.419. The van der Waals surface area contributed by atoms with Crippen LogP contribution in [0.5, 0.6) is 0 Å². The highest BCUT2D eigenvalue weighted by Crippen LogP contribution is 2.33. The third kappa shape index (κ3) is 3.86. The molecule has 0 saturated heterocycles. The number of amides is 1. The maximum Gasteiger partial charge on any atom is 0.332 e. The lowest BCUT2D eigenvalue weighted by molar-refractivity contribution is 0.0537. The Bertz CT molecular complexity index is 1850. The van der Waals surface area contributed by atoms with Crippen molar-refractivity contribution in [1.29, 1.82) is 0 Å². The first kappa shape index (κ1) is 24.0. The van der Waals surface area contributed by atoms with Gasteiger partial charge in [0.15, 0.2) is 5.65 Å². The van der Waals surface area contributed by atoms with Crippen molar-refractivity contribution in [2.75, 3.05) is 7.11 Å². The molecular weight excluding hydrogens is 486 g/mol. The van der Waals surface area contributed by atoms with Gasteiger partial charge in [-0.25, -0.2) is 10.3 Å². The Morgan fingerprint density at radius 1 is 1.21 bits per heavy atom. The molecule has 5 aromatic rings. The Balaban J connectivity index is 1.62. The molecule has 1 amide bonds. The zero-order valence-electron chi connectivity index (χ0n) is 21.7. The Morgan fingerprint density at radius 2 is 2.00 bits per heavy atom. The molecule has 11 heteroatoms. The van der Waals surface area contributed by atoms with E-state index in [1.165, 1.54) is 14.2 Å². The predicted octanol–water partition coefficient (Wildman–Crippen LogP) is 2.44. The monoisotopic (exact) mass is 515 g/mol. The van der Waals surface area contributed by atoms with Gasteiger partial charge in [-0.1, -0.05) is 11.6 Å². The fourth-order valence-corrected chi connectivity index (χ4v) is 5.12. The number of H-pyrrole nitrogens is 1. The second-order valence-electron chi connectivity index (χ2n) is 10.1. The lowest BCUT2D eigenvalue weighted by Crippen LogP contribution is -2.38. The summed E-state index contributed by atoms with van der Waals surface area (Å²) in [6.45, 7) is 2.92. The van der Waals surface area contributed by atoms with E-state index >= 15 is 0 Å². The zero-order chi connectivity index (χ0) is 26.7. The smallest absolute Gasteiger partial charge is 0.332 e. The van der Waals surface area contributed by atoms with E-state index in [1.807, 2.05) is 32.3 Å². The van der Waals surface area contributed by atoms with Gasteiger partial charge in [0.2, 0.25) is 0 Å². The summed E-state index contributed by atoms with van der Waals surface area (Å²) < 4.78 is 6.33. The quantitative estimate of drug-likeness (QED) is 0.323. The molecule has 1 aliphatic carbocycles. The first-order valence-corrected chi connectivity index (χ1v) is 12.5. The molecule has 0 aliphatic heterocycles. The number of nitrogens with zero attached hydrogens (tertiary/aromatic N) is 5. The molecule has 4 aromatic heterocycles. The zero-order valence-corrected chi connectivity index (χ0v) is 21.7. The van der Waals surface area contributed by atoms with Crippen molar-refractivity contribution in [3.8, 4) is 11.4 Å². The van der Waals surface area contributed by atoms with Crippen LogP contribution < -0.4 is 16.7 Å². The van der Waals surface area contributed by atoms with Gasteiger partial charge in [0.05, 0.1) is 24.9 Å². The minimum Gasteiger partial charge on any atom is -0.361 e. The van der Waals surface area contributed by atoms with E-state index < -0.39 is 11.5 Å². The van der Waals surface area contributed by atoms with E-state index in [2.05, 4.69) is 16.5 Å². The van der Waals surface area contributed by atoms with Gasteiger partial charge >= 0.3 is 5.69 Å². The molecular formula is C27H29N7O4. The van der Waals surface area contributed by atoms with Crippen molar-refractivity contribution in [3.05, 3.63) is 74.2 Å². The lowest BCUT2D eigenvalue weighted by atomic mass is 10.1. The number of hydroxylamine groups is 1. The fourth-order valence-electron chi connectivity index (χ4n) is 5.12. The summed E-state index contributed by atoms with van der Waals surface area (Å²) in [7, 11) is 4.68. The first-order chi connectivity index (χ1) is 18.3. The summed E-state index contributed by atoms with van der Waals surface area (Å²) in [5, 5.41) is 6.29. The number of rotatable bonds is 7. The normalized spacial score (nSPS) is 13.6. The molecule has 1 fully saturated rings. The van der Waals surface area contributed by atoms with Crippen LogP contribution in [0.15, 0.2) is 46.2 Å². The number of carbonyl (C=O) groups excluding carboxylic acids is 1. The fraction of sp³-hybridized carbons (Fsp3) is 0.333. The van der Waals surface area contributed by atoms with Gasteiger partial charge in [0, 0.05) is 43.9 Å². The summed E-state index contributed by atoms with van der Waals surface area (Å²) >= 11 is 0. The largest absolute Gasteiger partial charge is 0.361 e. The van der Waals surface area contributed by atoms with Crippen LogP contribution in [0.25, 0.3) is 33.3 Å². The summed E-state index contributed by atoms with van der Waals surface area (Å²) in [5.41, 5.74) is 6.58. The van der Waals surface area contributed by atoms with E-state index in [9.17, 15) is 14.4 Å². The van der Waals surface area contributed by atoms with E-state index in [-0.39, 0.29) is 5.69 Å². The van der Waals surface area contributed by atoms with Crippen LogP contribution in [0.2, 0.25) is 0 Å². The average Bonchev–Trinajstić information content (AvgIpc) is 3.34. The predicted molar refractivity (Wildman–Crippen MR) is 143 cm³/mol. The minimum absolute atomic E-state index is 0.351. The number of carbonyl (C=O) groups is 1. The van der Waals surface area contributed by atoms with Crippen LogP contribution in [0.4, 0.5) is 0 Å². The van der Waals surface area contributed by atoms with Crippen LogP contribution in [-0.2, 0) is 32.0 Å². The summed E-state index contributed by atoms with van der Waals surface area (Å²) in [6.07, 6.45) is 5.72. The first-order valence-electron chi connectivity index (χ1n) is 12.5. The van der Waals surface area contributed by atoms with E-state index in [1.54, 1.807) is 26.1 Å². The molecule has 1 saturated carbocycles. The number of aromatic nitrogens is 6. The molecule has 196 valence electrons. The number of fused-ring (bicyclic) bond motifs is 2. The average molecular weight is 516 g/mol. The number of nitrogens with one attached hydrogen (secondary N) is 2. The Hall–Kier alpha value is -4.38. The molecule has 6 rings (SSSR count). The molecule has 1 aromatic carbocycles. The molecule has 1 aliphatic rings. The molecule has 11 nitrogen and oxygen atoms in total. The third-order valence-electron chi connectivity index (χ3n) is 7.31. The molecule has 0 unspecified atom stereocenters. The van der Waals surface area contributed by atoms with Gasteiger partial charge in [-0.05, 0) is 49.4 Å². The van der Waals surface area contributed by atoms with Crippen molar-refractivity contribution < 1.29 is 9.63 Å². The highest BCUT2D eigenvalue weighted by atomic mass is 16.6. The van der Waals surface area contributed by atoms with Crippen LogP contribution in [-0.4, -0.2) is 41.5 Å².